The number of nitrogens with zero attached hydrogens (tertiary/aromatic N) is 1. The second kappa shape index (κ2) is 5.86. The predicted molar refractivity (Wildman–Crippen MR) is 90.8 cm³/mol. The largest absolute Gasteiger partial charge is 0.326 e. The SMILES string of the molecule is N[C@H]1C2CCN(CC2)C1C(c1ccccc1)c1ccccc1. The Bertz CT molecular complexity index is 561. The maximum atomic E-state index is 6.70. The summed E-state index contributed by atoms with van der Waals surface area (Å²) in [4.78, 5) is 2.63. The van der Waals surface area contributed by atoms with Crippen molar-refractivity contribution in [1.82, 2.24) is 4.90 Å². The third kappa shape index (κ3) is 2.37. The Kier molecular flexibility index (Phi) is 3.73. The summed E-state index contributed by atoms with van der Waals surface area (Å²) in [6.07, 6.45) is 2.54. The Hall–Kier alpha value is -1.64. The molecule has 0 aromatic heterocycles. The van der Waals surface area contributed by atoms with Crippen LogP contribution in [-0.2, 0) is 0 Å². The molecule has 2 aromatic carbocycles. The van der Waals surface area contributed by atoms with Crippen LogP contribution in [0.15, 0.2) is 60.7 Å². The van der Waals surface area contributed by atoms with Crippen molar-refractivity contribution < 1.29 is 0 Å². The van der Waals surface area contributed by atoms with Gasteiger partial charge >= 0.3 is 0 Å². The van der Waals surface area contributed by atoms with Crippen molar-refractivity contribution in [2.24, 2.45) is 11.7 Å². The van der Waals surface area contributed by atoms with E-state index in [1.54, 1.807) is 0 Å². The van der Waals surface area contributed by atoms with Gasteiger partial charge in [-0.3, -0.25) is 4.90 Å². The maximum absolute atomic E-state index is 6.70. The van der Waals surface area contributed by atoms with E-state index in [0.29, 0.717) is 17.9 Å². The number of hydrogen-bond acceptors (Lipinski definition) is 2. The van der Waals surface area contributed by atoms with Crippen LogP contribution < -0.4 is 5.73 Å². The quantitative estimate of drug-likeness (QED) is 0.941. The summed E-state index contributed by atoms with van der Waals surface area (Å²) in [7, 11) is 0. The average Bonchev–Trinajstić information content (AvgIpc) is 2.60. The van der Waals surface area contributed by atoms with Gasteiger partial charge in [-0.15, -0.1) is 0 Å². The minimum absolute atomic E-state index is 0.285. The zero-order valence-electron chi connectivity index (χ0n) is 12.9. The summed E-state index contributed by atoms with van der Waals surface area (Å²) in [5, 5.41) is 0. The second-order valence-electron chi connectivity index (χ2n) is 6.74. The molecular weight excluding hydrogens is 268 g/mol. The van der Waals surface area contributed by atoms with Gasteiger partial charge in [-0.25, -0.2) is 0 Å². The molecule has 0 radical (unpaired) electrons. The fraction of sp³-hybridized carbons (Fsp3) is 0.400. The Labute approximate surface area is 132 Å². The molecule has 3 fully saturated rings. The molecule has 3 aliphatic heterocycles. The smallest absolute Gasteiger partial charge is 0.0359 e. The lowest BCUT2D eigenvalue weighted by Gasteiger charge is -2.52. The first-order valence-electron chi connectivity index (χ1n) is 8.44. The number of benzene rings is 2. The zero-order valence-corrected chi connectivity index (χ0v) is 12.9. The number of nitrogens with two attached hydrogens (primary N) is 1. The van der Waals surface area contributed by atoms with Crippen molar-refractivity contribution in [3.05, 3.63) is 71.8 Å². The molecule has 114 valence electrons. The van der Waals surface area contributed by atoms with Crippen LogP contribution >= 0.6 is 0 Å². The van der Waals surface area contributed by atoms with Crippen LogP contribution in [0.3, 0.4) is 0 Å². The Morgan fingerprint density at radius 3 is 1.77 bits per heavy atom. The molecule has 22 heavy (non-hydrogen) atoms. The fourth-order valence-corrected chi connectivity index (χ4v) is 4.47. The van der Waals surface area contributed by atoms with Gasteiger partial charge in [-0.2, -0.15) is 0 Å². The van der Waals surface area contributed by atoms with Crippen LogP contribution in [0.2, 0.25) is 0 Å². The van der Waals surface area contributed by atoms with E-state index >= 15 is 0 Å². The number of piperidine rings is 3. The first kappa shape index (κ1) is 14.0. The molecule has 2 aromatic rings. The second-order valence-corrected chi connectivity index (χ2v) is 6.74. The van der Waals surface area contributed by atoms with E-state index in [-0.39, 0.29) is 6.04 Å². The van der Waals surface area contributed by atoms with Gasteiger partial charge in [0.2, 0.25) is 0 Å². The topological polar surface area (TPSA) is 29.3 Å². The highest BCUT2D eigenvalue weighted by Gasteiger charge is 2.44. The van der Waals surface area contributed by atoms with Gasteiger partial charge in [0.25, 0.3) is 0 Å². The van der Waals surface area contributed by atoms with E-state index < -0.39 is 0 Å². The van der Waals surface area contributed by atoms with Gasteiger partial charge in [-0.05, 0) is 43.0 Å². The van der Waals surface area contributed by atoms with Gasteiger partial charge in [0.15, 0.2) is 0 Å². The van der Waals surface area contributed by atoms with E-state index in [9.17, 15) is 0 Å². The first-order valence-corrected chi connectivity index (χ1v) is 8.44. The summed E-state index contributed by atoms with van der Waals surface area (Å²) in [6.45, 7) is 2.42. The van der Waals surface area contributed by atoms with E-state index in [1.165, 1.54) is 37.1 Å². The van der Waals surface area contributed by atoms with Gasteiger partial charge in [0.05, 0.1) is 0 Å². The van der Waals surface area contributed by atoms with Crippen LogP contribution in [0.25, 0.3) is 0 Å². The summed E-state index contributed by atoms with van der Waals surface area (Å²) in [5.74, 6) is 1.07. The minimum Gasteiger partial charge on any atom is -0.326 e. The molecule has 3 heterocycles. The third-order valence-electron chi connectivity index (χ3n) is 5.59. The lowest BCUT2D eigenvalue weighted by atomic mass is 9.71. The molecular formula is C20H24N2. The van der Waals surface area contributed by atoms with Gasteiger partial charge < -0.3 is 5.73 Å². The fourth-order valence-electron chi connectivity index (χ4n) is 4.47. The van der Waals surface area contributed by atoms with Crippen LogP contribution in [-0.4, -0.2) is 30.1 Å². The molecule has 2 nitrogen and oxygen atoms in total. The summed E-state index contributed by atoms with van der Waals surface area (Å²) >= 11 is 0. The Morgan fingerprint density at radius 2 is 1.32 bits per heavy atom. The molecule has 2 atom stereocenters. The van der Waals surface area contributed by atoms with Crippen LogP contribution in [0, 0.1) is 5.92 Å². The molecule has 5 rings (SSSR count). The molecule has 1 unspecified atom stereocenters. The molecule has 0 saturated carbocycles. The van der Waals surface area contributed by atoms with Crippen LogP contribution in [0.4, 0.5) is 0 Å². The molecule has 2 bridgehead atoms. The molecule has 3 aliphatic rings. The van der Waals surface area contributed by atoms with Crippen molar-refractivity contribution in [3.8, 4) is 0 Å². The minimum atomic E-state index is 0.285. The lowest BCUT2D eigenvalue weighted by molar-refractivity contribution is 0.0204. The zero-order chi connectivity index (χ0) is 14.9. The molecule has 2 N–H and O–H groups in total. The predicted octanol–water partition coefficient (Wildman–Crippen LogP) is 3.24. The van der Waals surface area contributed by atoms with Crippen LogP contribution in [0.5, 0.6) is 0 Å². The number of rotatable bonds is 3. The molecule has 2 heteroatoms. The normalized spacial score (nSPS) is 30.6. The Morgan fingerprint density at radius 1 is 0.818 bits per heavy atom. The van der Waals surface area contributed by atoms with Gasteiger partial charge in [-0.1, -0.05) is 60.7 Å². The molecule has 0 aliphatic carbocycles. The van der Waals surface area contributed by atoms with Crippen molar-refractivity contribution >= 4 is 0 Å². The number of fused-ring (bicyclic) bond motifs is 3. The van der Waals surface area contributed by atoms with Crippen molar-refractivity contribution in [3.63, 3.8) is 0 Å². The average molecular weight is 292 g/mol. The summed E-state index contributed by atoms with van der Waals surface area (Å²) in [6, 6.07) is 22.5. The van der Waals surface area contributed by atoms with Crippen LogP contribution in [0.1, 0.15) is 29.9 Å². The monoisotopic (exact) mass is 292 g/mol. The third-order valence-corrected chi connectivity index (χ3v) is 5.59. The molecule has 0 amide bonds. The van der Waals surface area contributed by atoms with Crippen molar-refractivity contribution in [2.75, 3.05) is 13.1 Å². The number of hydrogen-bond donors (Lipinski definition) is 1. The lowest BCUT2D eigenvalue weighted by Crippen LogP contribution is -2.63. The highest BCUT2D eigenvalue weighted by Crippen LogP contribution is 2.40. The maximum Gasteiger partial charge on any atom is 0.0359 e. The molecule has 0 spiro atoms. The van der Waals surface area contributed by atoms with E-state index in [1.807, 2.05) is 0 Å². The van der Waals surface area contributed by atoms with Crippen molar-refractivity contribution in [2.45, 2.75) is 30.8 Å². The van der Waals surface area contributed by atoms with E-state index in [4.69, 9.17) is 5.73 Å². The Balaban J connectivity index is 1.78. The highest BCUT2D eigenvalue weighted by atomic mass is 15.2. The van der Waals surface area contributed by atoms with E-state index in [0.717, 1.165) is 0 Å². The molecule has 3 saturated heterocycles. The highest BCUT2D eigenvalue weighted by molar-refractivity contribution is 5.35. The van der Waals surface area contributed by atoms with E-state index in [2.05, 4.69) is 65.6 Å². The standard InChI is InChI=1S/C20H24N2/c21-19-17-11-13-22(14-12-17)20(19)18(15-7-3-1-4-8-15)16-9-5-2-6-10-16/h1-10,17-20H,11-14,21H2/t19-,20?/m0/s1. The summed E-state index contributed by atoms with van der Waals surface area (Å²) < 4.78 is 0. The van der Waals surface area contributed by atoms with Gasteiger partial charge in [0.1, 0.15) is 0 Å². The first-order chi connectivity index (χ1) is 10.8. The van der Waals surface area contributed by atoms with Crippen molar-refractivity contribution in [1.29, 1.82) is 0 Å². The van der Waals surface area contributed by atoms with Gasteiger partial charge in [0, 0.05) is 18.0 Å². The summed E-state index contributed by atoms with van der Waals surface area (Å²) in [5.41, 5.74) is 9.48.